The van der Waals surface area contributed by atoms with E-state index < -0.39 is 0 Å². The molecule has 1 aromatic carbocycles. The fraction of sp³-hybridized carbons (Fsp3) is 0.417. The van der Waals surface area contributed by atoms with Gasteiger partial charge in [-0.15, -0.1) is 0 Å². The van der Waals surface area contributed by atoms with Gasteiger partial charge in [-0.2, -0.15) is 0 Å². The third-order valence-electron chi connectivity index (χ3n) is 2.46. The van der Waals surface area contributed by atoms with Gasteiger partial charge in [0.1, 0.15) is 11.5 Å². The van der Waals surface area contributed by atoms with Crippen LogP contribution in [-0.4, -0.2) is 39.3 Å². The van der Waals surface area contributed by atoms with Crippen LogP contribution < -0.4 is 9.47 Å². The highest BCUT2D eigenvalue weighted by atomic mass is 16.7. The average molecular weight is 239 g/mol. The maximum atomic E-state index is 11.7. The van der Waals surface area contributed by atoms with Crippen molar-refractivity contribution in [3.05, 3.63) is 23.8 Å². The summed E-state index contributed by atoms with van der Waals surface area (Å²) in [6.45, 7) is 0. The van der Waals surface area contributed by atoms with E-state index in [0.717, 1.165) is 5.56 Å². The Morgan fingerprint density at radius 2 is 1.94 bits per heavy atom. The van der Waals surface area contributed by atoms with Crippen molar-refractivity contribution in [3.63, 3.8) is 0 Å². The van der Waals surface area contributed by atoms with Gasteiger partial charge in [-0.05, 0) is 6.07 Å². The smallest absolute Gasteiger partial charge is 0.250 e. The van der Waals surface area contributed by atoms with Gasteiger partial charge in [-0.1, -0.05) is 6.07 Å². The molecule has 0 atom stereocenters. The van der Waals surface area contributed by atoms with Gasteiger partial charge in [0.15, 0.2) is 0 Å². The summed E-state index contributed by atoms with van der Waals surface area (Å²) in [6, 6.07) is 5.34. The molecule has 0 heterocycles. The van der Waals surface area contributed by atoms with E-state index in [0.29, 0.717) is 11.5 Å². The van der Waals surface area contributed by atoms with Crippen molar-refractivity contribution in [1.82, 2.24) is 5.06 Å². The SMILES string of the molecule is COc1ccc(CC(=O)N(C)OC)c(OC)c1. The molecule has 0 radical (unpaired) electrons. The quantitative estimate of drug-likeness (QED) is 0.726. The van der Waals surface area contributed by atoms with E-state index in [1.165, 1.54) is 12.2 Å². The van der Waals surface area contributed by atoms with Gasteiger partial charge >= 0.3 is 0 Å². The lowest BCUT2D eigenvalue weighted by Crippen LogP contribution is -2.27. The van der Waals surface area contributed by atoms with Crippen LogP contribution in [0.1, 0.15) is 5.56 Å². The number of hydrogen-bond acceptors (Lipinski definition) is 4. The minimum atomic E-state index is -0.143. The lowest BCUT2D eigenvalue weighted by Gasteiger charge is -2.15. The van der Waals surface area contributed by atoms with Gasteiger partial charge in [-0.3, -0.25) is 9.63 Å². The zero-order chi connectivity index (χ0) is 12.8. The molecular weight excluding hydrogens is 222 g/mol. The molecule has 1 amide bonds. The van der Waals surface area contributed by atoms with Crippen molar-refractivity contribution >= 4 is 5.91 Å². The molecule has 0 spiro atoms. The minimum absolute atomic E-state index is 0.143. The molecule has 5 nitrogen and oxygen atoms in total. The third-order valence-corrected chi connectivity index (χ3v) is 2.46. The van der Waals surface area contributed by atoms with Gasteiger partial charge in [-0.25, -0.2) is 5.06 Å². The molecule has 0 fully saturated rings. The normalized spacial score (nSPS) is 9.88. The van der Waals surface area contributed by atoms with E-state index in [2.05, 4.69) is 0 Å². The molecule has 0 N–H and O–H groups in total. The zero-order valence-electron chi connectivity index (χ0n) is 10.5. The Labute approximate surface area is 101 Å². The molecule has 1 aromatic rings. The van der Waals surface area contributed by atoms with Gasteiger partial charge in [0.2, 0.25) is 5.91 Å². The van der Waals surface area contributed by atoms with E-state index in [-0.39, 0.29) is 12.3 Å². The highest BCUT2D eigenvalue weighted by molar-refractivity contribution is 5.78. The van der Waals surface area contributed by atoms with Gasteiger partial charge in [0, 0.05) is 18.7 Å². The highest BCUT2D eigenvalue weighted by Crippen LogP contribution is 2.25. The first kappa shape index (κ1) is 13.3. The summed E-state index contributed by atoms with van der Waals surface area (Å²) in [6.07, 6.45) is 0.220. The van der Waals surface area contributed by atoms with Crippen LogP contribution in [0.5, 0.6) is 11.5 Å². The molecule has 0 unspecified atom stereocenters. The van der Waals surface area contributed by atoms with Crippen molar-refractivity contribution in [1.29, 1.82) is 0 Å². The summed E-state index contributed by atoms with van der Waals surface area (Å²) in [7, 11) is 6.16. The topological polar surface area (TPSA) is 48.0 Å². The van der Waals surface area contributed by atoms with E-state index in [1.54, 1.807) is 39.5 Å². The number of nitrogens with zero attached hydrogens (tertiary/aromatic N) is 1. The van der Waals surface area contributed by atoms with Crippen LogP contribution in [0.25, 0.3) is 0 Å². The van der Waals surface area contributed by atoms with Gasteiger partial charge in [0.25, 0.3) is 0 Å². The van der Waals surface area contributed by atoms with Crippen LogP contribution in [0.15, 0.2) is 18.2 Å². The van der Waals surface area contributed by atoms with Crippen LogP contribution in [0.3, 0.4) is 0 Å². The van der Waals surface area contributed by atoms with Crippen molar-refractivity contribution in [2.24, 2.45) is 0 Å². The molecule has 1 rings (SSSR count). The third kappa shape index (κ3) is 3.35. The largest absolute Gasteiger partial charge is 0.497 e. The minimum Gasteiger partial charge on any atom is -0.497 e. The Morgan fingerprint density at radius 3 is 2.47 bits per heavy atom. The van der Waals surface area contributed by atoms with Crippen molar-refractivity contribution in [2.75, 3.05) is 28.4 Å². The van der Waals surface area contributed by atoms with Crippen LogP contribution in [0.2, 0.25) is 0 Å². The maximum Gasteiger partial charge on any atom is 0.250 e. The average Bonchev–Trinajstić information content (AvgIpc) is 2.37. The van der Waals surface area contributed by atoms with Crippen LogP contribution in [0, 0.1) is 0 Å². The second kappa shape index (κ2) is 6.10. The summed E-state index contributed by atoms with van der Waals surface area (Å²) in [4.78, 5) is 16.5. The summed E-state index contributed by atoms with van der Waals surface area (Å²) in [5.74, 6) is 1.18. The first-order valence-electron chi connectivity index (χ1n) is 5.14. The van der Waals surface area contributed by atoms with Crippen LogP contribution in [0.4, 0.5) is 0 Å². The number of amides is 1. The van der Waals surface area contributed by atoms with Crippen LogP contribution >= 0.6 is 0 Å². The molecule has 0 saturated carbocycles. The Hall–Kier alpha value is -1.75. The molecule has 0 aromatic heterocycles. The van der Waals surface area contributed by atoms with Crippen molar-refractivity contribution in [2.45, 2.75) is 6.42 Å². The molecule has 0 aliphatic carbocycles. The predicted molar refractivity (Wildman–Crippen MR) is 63.0 cm³/mol. The molecule has 17 heavy (non-hydrogen) atoms. The van der Waals surface area contributed by atoms with Gasteiger partial charge in [0.05, 0.1) is 27.8 Å². The van der Waals surface area contributed by atoms with Crippen molar-refractivity contribution < 1.29 is 19.1 Å². The maximum absolute atomic E-state index is 11.7. The summed E-state index contributed by atoms with van der Waals surface area (Å²) < 4.78 is 10.3. The first-order chi connectivity index (χ1) is 8.12. The molecule has 0 aliphatic heterocycles. The molecule has 0 bridgehead atoms. The molecular formula is C12H17NO4. The second-order valence-electron chi connectivity index (χ2n) is 3.43. The fourth-order valence-corrected chi connectivity index (χ4v) is 1.37. The molecule has 5 heteroatoms. The monoisotopic (exact) mass is 239 g/mol. The first-order valence-corrected chi connectivity index (χ1v) is 5.14. The summed E-state index contributed by atoms with van der Waals surface area (Å²) in [5.41, 5.74) is 0.794. The summed E-state index contributed by atoms with van der Waals surface area (Å²) in [5, 5.41) is 1.18. The molecule has 0 saturated heterocycles. The number of hydroxylamine groups is 2. The number of hydrogen-bond donors (Lipinski definition) is 0. The van der Waals surface area contributed by atoms with Crippen molar-refractivity contribution in [3.8, 4) is 11.5 Å². The Morgan fingerprint density at radius 1 is 1.24 bits per heavy atom. The number of methoxy groups -OCH3 is 2. The Bertz CT molecular complexity index is 392. The lowest BCUT2D eigenvalue weighted by atomic mass is 10.1. The molecule has 0 aliphatic rings. The zero-order valence-corrected chi connectivity index (χ0v) is 10.5. The number of benzene rings is 1. The summed E-state index contributed by atoms with van der Waals surface area (Å²) >= 11 is 0. The number of carbonyl (C=O) groups is 1. The molecule has 94 valence electrons. The van der Waals surface area contributed by atoms with Crippen LogP contribution in [-0.2, 0) is 16.1 Å². The lowest BCUT2D eigenvalue weighted by molar-refractivity contribution is -0.167. The van der Waals surface area contributed by atoms with E-state index in [1.807, 2.05) is 0 Å². The van der Waals surface area contributed by atoms with Gasteiger partial charge < -0.3 is 9.47 Å². The van der Waals surface area contributed by atoms with E-state index in [9.17, 15) is 4.79 Å². The number of ether oxygens (including phenoxy) is 2. The predicted octanol–water partition coefficient (Wildman–Crippen LogP) is 1.27. The highest BCUT2D eigenvalue weighted by Gasteiger charge is 2.13. The Kier molecular flexibility index (Phi) is 4.78. The Balaban J connectivity index is 2.87. The second-order valence-corrected chi connectivity index (χ2v) is 3.43. The van der Waals surface area contributed by atoms with E-state index in [4.69, 9.17) is 14.3 Å². The van der Waals surface area contributed by atoms with E-state index >= 15 is 0 Å². The fourth-order valence-electron chi connectivity index (χ4n) is 1.37. The standard InChI is InChI=1S/C12H17NO4/c1-13(17-4)12(14)7-9-5-6-10(15-2)8-11(9)16-3/h5-6,8H,7H2,1-4H3. The number of likely N-dealkylation sites (N-methyl/N-ethyl adjacent to an activating group) is 1. The number of carbonyl (C=O) groups excluding carboxylic acids is 1. The number of rotatable bonds is 5.